The Morgan fingerprint density at radius 3 is 2.91 bits per heavy atom. The fourth-order valence-corrected chi connectivity index (χ4v) is 2.82. The number of alkyl halides is 3. The highest BCUT2D eigenvalue weighted by Gasteiger charge is 2.31. The van der Waals surface area contributed by atoms with Gasteiger partial charge >= 0.3 is 6.18 Å². The molecule has 1 aliphatic heterocycles. The van der Waals surface area contributed by atoms with Crippen LogP contribution in [0.4, 0.5) is 13.2 Å². The van der Waals surface area contributed by atoms with E-state index in [4.69, 9.17) is 0 Å². The fourth-order valence-electron chi connectivity index (χ4n) is 2.82. The Morgan fingerprint density at radius 2 is 2.30 bits per heavy atom. The summed E-state index contributed by atoms with van der Waals surface area (Å²) in [4.78, 5) is 17.5. The van der Waals surface area contributed by atoms with Crippen molar-refractivity contribution in [3.05, 3.63) is 18.2 Å². The van der Waals surface area contributed by atoms with E-state index in [-0.39, 0.29) is 12.5 Å². The molecule has 1 fully saturated rings. The first-order valence-corrected chi connectivity index (χ1v) is 7.47. The first-order chi connectivity index (χ1) is 10.8. The minimum absolute atomic E-state index is 0.0970. The number of aliphatic hydroxyl groups is 1. The molecule has 130 valence electrons. The van der Waals surface area contributed by atoms with E-state index in [2.05, 4.69) is 4.98 Å². The number of hydrogen-bond acceptors (Lipinski definition) is 4. The lowest BCUT2D eigenvalue weighted by Gasteiger charge is -2.34. The van der Waals surface area contributed by atoms with Gasteiger partial charge in [0.2, 0.25) is 5.91 Å². The van der Waals surface area contributed by atoms with Crippen molar-refractivity contribution in [1.29, 1.82) is 0 Å². The Morgan fingerprint density at radius 1 is 1.57 bits per heavy atom. The topological polar surface area (TPSA) is 70.4 Å². The Bertz CT molecular complexity index is 532. The second kappa shape index (κ2) is 7.31. The molecule has 1 aliphatic rings. The number of carbonyl (C=O) groups excluding carboxylic acids is 1. The van der Waals surface area contributed by atoms with Gasteiger partial charge in [0.05, 0.1) is 6.54 Å². The number of amides is 1. The van der Waals surface area contributed by atoms with Crippen molar-refractivity contribution in [2.45, 2.75) is 25.1 Å². The summed E-state index contributed by atoms with van der Waals surface area (Å²) in [5, 5.41) is 12.3. The van der Waals surface area contributed by atoms with Crippen LogP contribution in [-0.2, 0) is 11.8 Å². The molecular formula is C14H21F3N4O2. The molecule has 6 nitrogen and oxygen atoms in total. The molecule has 1 amide bonds. The standard InChI is InChI=1S/C14H21F3N4O2/c1-20-6-4-18-13(20)12(23)10-3-2-5-21(7-10)8-11(22)19-9-14(15,16)17/h4,6,10,12,23H,2-3,5,7-9H2,1H3,(H,19,22)/t10-,12+/m0/s1. The van der Waals surface area contributed by atoms with Crippen LogP contribution in [0, 0.1) is 5.92 Å². The van der Waals surface area contributed by atoms with Crippen LogP contribution >= 0.6 is 0 Å². The zero-order valence-corrected chi connectivity index (χ0v) is 12.9. The van der Waals surface area contributed by atoms with Gasteiger partial charge in [0.1, 0.15) is 18.5 Å². The number of halogens is 3. The van der Waals surface area contributed by atoms with Gasteiger partial charge in [-0.05, 0) is 19.4 Å². The Kier molecular flexibility index (Phi) is 5.64. The molecular weight excluding hydrogens is 313 g/mol. The molecule has 1 aromatic heterocycles. The van der Waals surface area contributed by atoms with Crippen molar-refractivity contribution in [1.82, 2.24) is 19.8 Å². The summed E-state index contributed by atoms with van der Waals surface area (Å²) in [5.74, 6) is -0.201. The van der Waals surface area contributed by atoms with Crippen LogP contribution in [0.15, 0.2) is 12.4 Å². The zero-order chi connectivity index (χ0) is 17.0. The predicted molar refractivity (Wildman–Crippen MR) is 76.4 cm³/mol. The molecule has 1 aromatic rings. The minimum atomic E-state index is -4.41. The van der Waals surface area contributed by atoms with Gasteiger partial charge in [-0.3, -0.25) is 9.69 Å². The van der Waals surface area contributed by atoms with Gasteiger partial charge in [0.15, 0.2) is 0 Å². The van der Waals surface area contributed by atoms with E-state index in [1.54, 1.807) is 28.9 Å². The molecule has 23 heavy (non-hydrogen) atoms. The zero-order valence-electron chi connectivity index (χ0n) is 12.9. The first kappa shape index (κ1) is 17.7. The molecule has 9 heteroatoms. The lowest BCUT2D eigenvalue weighted by Crippen LogP contribution is -2.45. The van der Waals surface area contributed by atoms with Crippen LogP contribution in [0.25, 0.3) is 0 Å². The van der Waals surface area contributed by atoms with Gasteiger partial charge in [0, 0.05) is 31.9 Å². The molecule has 2 heterocycles. The number of hydrogen-bond donors (Lipinski definition) is 2. The number of rotatable bonds is 5. The number of nitrogens with one attached hydrogen (secondary N) is 1. The molecule has 0 aromatic carbocycles. The summed E-state index contributed by atoms with van der Waals surface area (Å²) in [7, 11) is 1.79. The van der Waals surface area contributed by atoms with Crippen LogP contribution in [0.3, 0.4) is 0 Å². The van der Waals surface area contributed by atoms with Crippen molar-refractivity contribution in [2.75, 3.05) is 26.2 Å². The summed E-state index contributed by atoms with van der Waals surface area (Å²) < 4.78 is 38.0. The summed E-state index contributed by atoms with van der Waals surface area (Å²) in [6, 6.07) is 0. The summed E-state index contributed by atoms with van der Waals surface area (Å²) in [6.45, 7) is -0.338. The SMILES string of the molecule is Cn1ccnc1[C@H](O)[C@H]1CCCN(CC(=O)NCC(F)(F)F)C1. The quantitative estimate of drug-likeness (QED) is 0.837. The van der Waals surface area contributed by atoms with E-state index in [0.29, 0.717) is 18.9 Å². The maximum Gasteiger partial charge on any atom is 0.405 e. The van der Waals surface area contributed by atoms with Crippen molar-refractivity contribution in [3.8, 4) is 0 Å². The summed E-state index contributed by atoms with van der Waals surface area (Å²) in [5.41, 5.74) is 0. The lowest BCUT2D eigenvalue weighted by atomic mass is 9.92. The fraction of sp³-hybridized carbons (Fsp3) is 0.714. The van der Waals surface area contributed by atoms with Crippen molar-refractivity contribution >= 4 is 5.91 Å². The van der Waals surface area contributed by atoms with E-state index < -0.39 is 24.7 Å². The van der Waals surface area contributed by atoms with Crippen molar-refractivity contribution in [3.63, 3.8) is 0 Å². The van der Waals surface area contributed by atoms with Gasteiger partial charge < -0.3 is 15.0 Å². The number of aromatic nitrogens is 2. The number of likely N-dealkylation sites (tertiary alicyclic amines) is 1. The molecule has 1 saturated heterocycles. The molecule has 0 aliphatic carbocycles. The Balaban J connectivity index is 1.86. The number of nitrogens with zero attached hydrogens (tertiary/aromatic N) is 3. The third-order valence-electron chi connectivity index (χ3n) is 3.96. The van der Waals surface area contributed by atoms with Crippen LogP contribution in [-0.4, -0.2) is 57.8 Å². The second-order valence-corrected chi connectivity index (χ2v) is 5.87. The van der Waals surface area contributed by atoms with E-state index in [1.165, 1.54) is 0 Å². The third kappa shape index (κ3) is 5.21. The molecule has 2 rings (SSSR count). The molecule has 2 atom stereocenters. The van der Waals surface area contributed by atoms with E-state index in [9.17, 15) is 23.1 Å². The average molecular weight is 334 g/mol. The Hall–Kier alpha value is -1.61. The highest BCUT2D eigenvalue weighted by atomic mass is 19.4. The molecule has 2 N–H and O–H groups in total. The van der Waals surface area contributed by atoms with Gasteiger partial charge in [0.25, 0.3) is 0 Å². The monoisotopic (exact) mass is 334 g/mol. The molecule has 0 spiro atoms. The molecule has 0 unspecified atom stereocenters. The summed E-state index contributed by atoms with van der Waals surface area (Å²) >= 11 is 0. The number of aryl methyl sites for hydroxylation is 1. The molecule has 0 saturated carbocycles. The smallest absolute Gasteiger partial charge is 0.385 e. The highest BCUT2D eigenvalue weighted by Crippen LogP contribution is 2.28. The van der Waals surface area contributed by atoms with Crippen molar-refractivity contribution < 1.29 is 23.1 Å². The van der Waals surface area contributed by atoms with Crippen molar-refractivity contribution in [2.24, 2.45) is 13.0 Å². The van der Waals surface area contributed by atoms with Crippen LogP contribution < -0.4 is 5.32 Å². The van der Waals surface area contributed by atoms with Crippen LogP contribution in [0.1, 0.15) is 24.8 Å². The number of piperidine rings is 1. The van der Waals surface area contributed by atoms with Gasteiger partial charge in [-0.1, -0.05) is 0 Å². The molecule has 0 bridgehead atoms. The average Bonchev–Trinajstić information content (AvgIpc) is 2.90. The van der Waals surface area contributed by atoms with Gasteiger partial charge in [-0.2, -0.15) is 13.2 Å². The van der Waals surface area contributed by atoms with Crippen LogP contribution in [0.5, 0.6) is 0 Å². The van der Waals surface area contributed by atoms with E-state index >= 15 is 0 Å². The largest absolute Gasteiger partial charge is 0.405 e. The number of carbonyl (C=O) groups is 1. The third-order valence-corrected chi connectivity index (χ3v) is 3.96. The van der Waals surface area contributed by atoms with Crippen LogP contribution in [0.2, 0.25) is 0 Å². The number of aliphatic hydroxyl groups excluding tert-OH is 1. The van der Waals surface area contributed by atoms with Gasteiger partial charge in [-0.25, -0.2) is 4.98 Å². The van der Waals surface area contributed by atoms with Gasteiger partial charge in [-0.15, -0.1) is 0 Å². The predicted octanol–water partition coefficient (Wildman–Crippen LogP) is 0.844. The van der Waals surface area contributed by atoms with E-state index in [1.807, 2.05) is 5.32 Å². The maximum absolute atomic E-state index is 12.1. The normalized spacial score (nSPS) is 21.2. The summed E-state index contributed by atoms with van der Waals surface area (Å²) in [6.07, 6.45) is -0.258. The molecule has 0 radical (unpaired) electrons. The first-order valence-electron chi connectivity index (χ1n) is 7.47. The number of imidazole rings is 1. The lowest BCUT2D eigenvalue weighted by molar-refractivity contribution is -0.139. The second-order valence-electron chi connectivity index (χ2n) is 5.87. The highest BCUT2D eigenvalue weighted by molar-refractivity contribution is 5.78. The maximum atomic E-state index is 12.1. The van der Waals surface area contributed by atoms with E-state index in [0.717, 1.165) is 12.8 Å². The minimum Gasteiger partial charge on any atom is -0.385 e. The Labute approximate surface area is 132 Å².